The van der Waals surface area contributed by atoms with E-state index in [1.165, 1.54) is 12.8 Å². The Labute approximate surface area is 79.5 Å². The number of carbonyl (C=O) groups excluding carboxylic acids is 1. The maximum absolute atomic E-state index is 11.4. The van der Waals surface area contributed by atoms with Gasteiger partial charge in [0.15, 0.2) is 0 Å². The molecule has 73 valence electrons. The fraction of sp³-hybridized carbons (Fsp3) is 0.900. The van der Waals surface area contributed by atoms with Crippen LogP contribution in [0.15, 0.2) is 0 Å². The molecule has 3 nitrogen and oxygen atoms in total. The Hall–Kier alpha value is -0.570. The predicted molar refractivity (Wildman–Crippen MR) is 50.4 cm³/mol. The highest BCUT2D eigenvalue weighted by atomic mass is 16.2. The summed E-state index contributed by atoms with van der Waals surface area (Å²) in [4.78, 5) is 13.4. The van der Waals surface area contributed by atoms with Crippen LogP contribution in [0.5, 0.6) is 0 Å². The lowest BCUT2D eigenvalue weighted by Gasteiger charge is -2.26. The molecule has 2 rings (SSSR count). The van der Waals surface area contributed by atoms with Crippen molar-refractivity contribution in [2.24, 2.45) is 5.92 Å². The van der Waals surface area contributed by atoms with Gasteiger partial charge in [-0.25, -0.2) is 5.32 Å². The zero-order valence-corrected chi connectivity index (χ0v) is 8.04. The van der Waals surface area contributed by atoms with Crippen molar-refractivity contribution in [1.29, 1.82) is 0 Å². The molecule has 13 heavy (non-hydrogen) atoms. The lowest BCUT2D eigenvalue weighted by Crippen LogP contribution is -2.34. The molecule has 0 aliphatic carbocycles. The standard InChI is InChI=1S/C10H17N2O/c13-10-2-1-7-12(10)8-9-3-5-11-6-4-9/h9H,1-8H2. The lowest BCUT2D eigenvalue weighted by atomic mass is 9.98. The molecule has 0 aromatic rings. The third-order valence-electron chi connectivity index (χ3n) is 3.04. The van der Waals surface area contributed by atoms with Crippen molar-refractivity contribution < 1.29 is 4.79 Å². The van der Waals surface area contributed by atoms with Gasteiger partial charge in [0.2, 0.25) is 5.91 Å². The second kappa shape index (κ2) is 4.09. The minimum Gasteiger partial charge on any atom is -0.342 e. The van der Waals surface area contributed by atoms with E-state index in [2.05, 4.69) is 5.32 Å². The normalized spacial score (nSPS) is 25.5. The maximum Gasteiger partial charge on any atom is 0.222 e. The molecule has 2 saturated heterocycles. The van der Waals surface area contributed by atoms with E-state index >= 15 is 0 Å². The number of amides is 1. The van der Waals surface area contributed by atoms with E-state index in [1.54, 1.807) is 0 Å². The van der Waals surface area contributed by atoms with Crippen molar-refractivity contribution in [3.63, 3.8) is 0 Å². The van der Waals surface area contributed by atoms with Crippen LogP contribution in [0, 0.1) is 5.92 Å². The van der Waals surface area contributed by atoms with E-state index < -0.39 is 0 Å². The summed E-state index contributed by atoms with van der Waals surface area (Å²) in [6, 6.07) is 0. The molecule has 2 aliphatic rings. The van der Waals surface area contributed by atoms with Gasteiger partial charge in [-0.3, -0.25) is 4.79 Å². The first kappa shape index (κ1) is 9.00. The molecule has 2 fully saturated rings. The smallest absolute Gasteiger partial charge is 0.222 e. The summed E-state index contributed by atoms with van der Waals surface area (Å²) >= 11 is 0. The molecule has 1 amide bonds. The van der Waals surface area contributed by atoms with E-state index in [0.717, 1.165) is 44.9 Å². The second-order valence-electron chi connectivity index (χ2n) is 4.06. The largest absolute Gasteiger partial charge is 0.342 e. The Bertz CT molecular complexity index is 187. The molecule has 0 aromatic carbocycles. The van der Waals surface area contributed by atoms with Crippen molar-refractivity contribution >= 4 is 5.91 Å². The van der Waals surface area contributed by atoms with Gasteiger partial charge in [0, 0.05) is 32.6 Å². The van der Waals surface area contributed by atoms with Gasteiger partial charge in [0.05, 0.1) is 0 Å². The number of likely N-dealkylation sites (tertiary alicyclic amines) is 1. The van der Waals surface area contributed by atoms with Gasteiger partial charge in [-0.1, -0.05) is 0 Å². The van der Waals surface area contributed by atoms with E-state index in [0.29, 0.717) is 5.91 Å². The first-order valence-electron chi connectivity index (χ1n) is 5.27. The van der Waals surface area contributed by atoms with Gasteiger partial charge >= 0.3 is 0 Å². The highest BCUT2D eigenvalue weighted by Gasteiger charge is 2.24. The molecule has 0 saturated carbocycles. The van der Waals surface area contributed by atoms with Crippen LogP contribution in [0.4, 0.5) is 0 Å². The SMILES string of the molecule is O=C1CCCN1CC1CC[N]CC1. The van der Waals surface area contributed by atoms with Gasteiger partial charge in [0.25, 0.3) is 0 Å². The highest BCUT2D eigenvalue weighted by molar-refractivity contribution is 5.78. The number of hydrogen-bond donors (Lipinski definition) is 0. The van der Waals surface area contributed by atoms with Crippen molar-refractivity contribution in [2.45, 2.75) is 25.7 Å². The third kappa shape index (κ3) is 2.21. The maximum atomic E-state index is 11.4. The Morgan fingerprint density at radius 3 is 2.77 bits per heavy atom. The van der Waals surface area contributed by atoms with Gasteiger partial charge < -0.3 is 4.90 Å². The number of nitrogens with zero attached hydrogens (tertiary/aromatic N) is 2. The Morgan fingerprint density at radius 2 is 2.15 bits per heavy atom. The molecule has 0 unspecified atom stereocenters. The van der Waals surface area contributed by atoms with Crippen LogP contribution in [0.3, 0.4) is 0 Å². The number of carbonyl (C=O) groups is 1. The minimum absolute atomic E-state index is 0.363. The fourth-order valence-corrected chi connectivity index (χ4v) is 2.20. The summed E-state index contributed by atoms with van der Waals surface area (Å²) in [5.41, 5.74) is 0. The molecule has 2 heterocycles. The van der Waals surface area contributed by atoms with Gasteiger partial charge in [-0.2, -0.15) is 0 Å². The first-order chi connectivity index (χ1) is 6.36. The summed E-state index contributed by atoms with van der Waals surface area (Å²) in [7, 11) is 0. The topological polar surface area (TPSA) is 34.4 Å². The molecule has 0 aromatic heterocycles. The average Bonchev–Trinajstić information content (AvgIpc) is 2.54. The molecule has 0 bridgehead atoms. The molecule has 3 heteroatoms. The zero-order valence-electron chi connectivity index (χ0n) is 8.04. The van der Waals surface area contributed by atoms with Gasteiger partial charge in [0.1, 0.15) is 0 Å². The lowest BCUT2D eigenvalue weighted by molar-refractivity contribution is -0.128. The van der Waals surface area contributed by atoms with E-state index in [4.69, 9.17) is 0 Å². The van der Waals surface area contributed by atoms with Crippen molar-refractivity contribution in [3.8, 4) is 0 Å². The molecular formula is C10H17N2O. The number of piperidine rings is 1. The van der Waals surface area contributed by atoms with E-state index in [1.807, 2.05) is 4.90 Å². The van der Waals surface area contributed by atoms with Crippen LogP contribution >= 0.6 is 0 Å². The zero-order chi connectivity index (χ0) is 9.10. The van der Waals surface area contributed by atoms with Crippen LogP contribution in [0.25, 0.3) is 0 Å². The molecular weight excluding hydrogens is 164 g/mol. The Morgan fingerprint density at radius 1 is 1.38 bits per heavy atom. The monoisotopic (exact) mass is 181 g/mol. The summed E-state index contributed by atoms with van der Waals surface area (Å²) in [5.74, 6) is 1.09. The third-order valence-corrected chi connectivity index (χ3v) is 3.04. The Balaban J connectivity index is 1.79. The fourth-order valence-electron chi connectivity index (χ4n) is 2.20. The van der Waals surface area contributed by atoms with Gasteiger partial charge in [-0.15, -0.1) is 0 Å². The van der Waals surface area contributed by atoms with Crippen LogP contribution in [0.1, 0.15) is 25.7 Å². The quantitative estimate of drug-likeness (QED) is 0.615. The highest BCUT2D eigenvalue weighted by Crippen LogP contribution is 2.18. The average molecular weight is 181 g/mol. The van der Waals surface area contributed by atoms with Crippen LogP contribution in [-0.2, 0) is 4.79 Å². The summed E-state index contributed by atoms with van der Waals surface area (Å²) in [5, 5.41) is 4.32. The molecule has 0 atom stereocenters. The van der Waals surface area contributed by atoms with Gasteiger partial charge in [-0.05, 0) is 25.2 Å². The molecule has 1 radical (unpaired) electrons. The summed E-state index contributed by atoms with van der Waals surface area (Å²) in [6.45, 7) is 4.00. The van der Waals surface area contributed by atoms with Crippen LogP contribution < -0.4 is 5.32 Å². The second-order valence-corrected chi connectivity index (χ2v) is 4.06. The summed E-state index contributed by atoms with van der Waals surface area (Å²) in [6.07, 6.45) is 4.21. The molecule has 0 N–H and O–H groups in total. The number of rotatable bonds is 2. The van der Waals surface area contributed by atoms with Crippen molar-refractivity contribution in [3.05, 3.63) is 0 Å². The van der Waals surface area contributed by atoms with E-state index in [9.17, 15) is 4.79 Å². The molecule has 0 spiro atoms. The van der Waals surface area contributed by atoms with Crippen LogP contribution in [-0.4, -0.2) is 37.0 Å². The van der Waals surface area contributed by atoms with E-state index in [-0.39, 0.29) is 0 Å². The first-order valence-corrected chi connectivity index (χ1v) is 5.27. The number of hydrogen-bond acceptors (Lipinski definition) is 1. The summed E-state index contributed by atoms with van der Waals surface area (Å²) < 4.78 is 0. The van der Waals surface area contributed by atoms with Crippen LogP contribution in [0.2, 0.25) is 0 Å². The molecule has 2 aliphatic heterocycles. The van der Waals surface area contributed by atoms with Crippen molar-refractivity contribution in [1.82, 2.24) is 10.2 Å². The Kier molecular flexibility index (Phi) is 2.83. The van der Waals surface area contributed by atoms with Crippen molar-refractivity contribution in [2.75, 3.05) is 26.2 Å². The minimum atomic E-state index is 0.363. The predicted octanol–water partition coefficient (Wildman–Crippen LogP) is 0.623.